The Balaban J connectivity index is 1.27. The molecule has 7 nitrogen and oxygen atoms in total. The zero-order chi connectivity index (χ0) is 29.8. The van der Waals surface area contributed by atoms with E-state index in [0.29, 0.717) is 34.0 Å². The molecule has 3 heterocycles. The van der Waals surface area contributed by atoms with Gasteiger partial charge < -0.3 is 14.8 Å². The molecule has 1 N–H and O–H groups in total. The number of hydrogen-bond acceptors (Lipinski definition) is 6. The maximum absolute atomic E-state index is 14.1. The number of benzene rings is 2. The molecule has 1 aliphatic carbocycles. The average Bonchev–Trinajstić information content (AvgIpc) is 3.33. The summed E-state index contributed by atoms with van der Waals surface area (Å²) in [7, 11) is 0. The molecule has 2 aromatic carbocycles. The highest BCUT2D eigenvalue weighted by Crippen LogP contribution is 2.45. The van der Waals surface area contributed by atoms with E-state index in [0.717, 1.165) is 19.3 Å². The lowest BCUT2D eigenvalue weighted by molar-refractivity contribution is -0.136. The van der Waals surface area contributed by atoms with Gasteiger partial charge in [-0.2, -0.15) is 0 Å². The highest BCUT2D eigenvalue weighted by atomic mass is 79.9. The van der Waals surface area contributed by atoms with Crippen LogP contribution in [0.2, 0.25) is 0 Å². The minimum absolute atomic E-state index is 0.0403. The van der Waals surface area contributed by atoms with Crippen LogP contribution in [0.15, 0.2) is 75.5 Å². The second kappa shape index (κ2) is 11.0. The third kappa shape index (κ3) is 5.06. The molecule has 3 aliphatic heterocycles. The number of ketones is 1. The van der Waals surface area contributed by atoms with Gasteiger partial charge in [0.05, 0.1) is 28.8 Å². The van der Waals surface area contributed by atoms with E-state index in [9.17, 15) is 18.8 Å². The van der Waals surface area contributed by atoms with Gasteiger partial charge in [-0.25, -0.2) is 14.0 Å². The maximum atomic E-state index is 14.1. The topological polar surface area (TPSA) is 84.9 Å². The number of esters is 1. The van der Waals surface area contributed by atoms with Crippen molar-refractivity contribution in [2.75, 3.05) is 19.7 Å². The number of carbonyl (C=O) groups is 3. The summed E-state index contributed by atoms with van der Waals surface area (Å²) in [6.45, 7) is 6.59. The fourth-order valence-electron chi connectivity index (χ4n) is 7.06. The van der Waals surface area contributed by atoms with Gasteiger partial charge in [0.2, 0.25) is 0 Å². The van der Waals surface area contributed by atoms with Crippen molar-refractivity contribution in [3.8, 4) is 0 Å². The van der Waals surface area contributed by atoms with Gasteiger partial charge in [0.15, 0.2) is 5.78 Å². The van der Waals surface area contributed by atoms with E-state index in [1.54, 1.807) is 12.1 Å². The SMILES string of the molecule is C[C@@H]1CC[C@@H](C(C)(C)c2ccccc2)[C@H](OC(=O)N2CC(=O)C3=C(C2)NC2=C(C(=O)OC2)C3c2ccc(F)c(Br)c2)C1. The van der Waals surface area contributed by atoms with Crippen LogP contribution in [0, 0.1) is 17.7 Å². The van der Waals surface area contributed by atoms with Crippen molar-refractivity contribution in [2.24, 2.45) is 11.8 Å². The number of nitrogens with zero attached hydrogens (tertiary/aromatic N) is 1. The summed E-state index contributed by atoms with van der Waals surface area (Å²) in [5.74, 6) is -1.43. The van der Waals surface area contributed by atoms with E-state index in [-0.39, 0.29) is 47.4 Å². The lowest BCUT2D eigenvalue weighted by atomic mass is 9.64. The quantitative estimate of drug-likeness (QED) is 0.406. The third-order valence-corrected chi connectivity index (χ3v) is 9.97. The van der Waals surface area contributed by atoms with Crippen molar-refractivity contribution in [1.29, 1.82) is 0 Å². The van der Waals surface area contributed by atoms with Gasteiger partial charge in [-0.1, -0.05) is 63.6 Å². The second-order valence-electron chi connectivity index (χ2n) is 12.4. The monoisotopic (exact) mass is 636 g/mol. The van der Waals surface area contributed by atoms with Gasteiger partial charge in [0.25, 0.3) is 0 Å². The Morgan fingerprint density at radius 1 is 1.07 bits per heavy atom. The number of carbonyl (C=O) groups excluding carboxylic acids is 3. The Hall–Kier alpha value is -3.46. The van der Waals surface area contributed by atoms with Crippen molar-refractivity contribution in [1.82, 2.24) is 10.2 Å². The van der Waals surface area contributed by atoms with Crippen LogP contribution in [-0.2, 0) is 24.5 Å². The summed E-state index contributed by atoms with van der Waals surface area (Å²) in [6, 6.07) is 14.8. The normalized spacial score (nSPS) is 26.0. The summed E-state index contributed by atoms with van der Waals surface area (Å²) in [6.07, 6.45) is 1.95. The van der Waals surface area contributed by atoms with Crippen molar-refractivity contribution < 1.29 is 28.2 Å². The van der Waals surface area contributed by atoms with Crippen LogP contribution in [0.5, 0.6) is 0 Å². The third-order valence-electron chi connectivity index (χ3n) is 9.37. The van der Waals surface area contributed by atoms with E-state index >= 15 is 0 Å². The Morgan fingerprint density at radius 2 is 1.83 bits per heavy atom. The van der Waals surface area contributed by atoms with E-state index in [1.165, 1.54) is 16.5 Å². The van der Waals surface area contributed by atoms with E-state index < -0.39 is 23.8 Å². The smallest absolute Gasteiger partial charge is 0.410 e. The Labute approximate surface area is 253 Å². The summed E-state index contributed by atoms with van der Waals surface area (Å²) in [5.41, 5.74) is 3.41. The number of nitrogens with one attached hydrogen (secondary N) is 1. The van der Waals surface area contributed by atoms with Gasteiger partial charge in [-0.15, -0.1) is 0 Å². The number of rotatable bonds is 4. The van der Waals surface area contributed by atoms with E-state index in [4.69, 9.17) is 9.47 Å². The van der Waals surface area contributed by atoms with E-state index in [1.807, 2.05) is 18.2 Å². The molecular weight excluding hydrogens is 603 g/mol. The fourth-order valence-corrected chi connectivity index (χ4v) is 7.46. The number of ether oxygens (including phenoxy) is 2. The van der Waals surface area contributed by atoms with Crippen molar-refractivity contribution >= 4 is 33.8 Å². The van der Waals surface area contributed by atoms with Gasteiger partial charge in [0, 0.05) is 23.1 Å². The highest BCUT2D eigenvalue weighted by molar-refractivity contribution is 9.10. The summed E-state index contributed by atoms with van der Waals surface area (Å²) in [5, 5.41) is 3.21. The van der Waals surface area contributed by atoms with Crippen molar-refractivity contribution in [3.05, 3.63) is 92.5 Å². The first-order valence-corrected chi connectivity index (χ1v) is 15.2. The maximum Gasteiger partial charge on any atom is 0.410 e. The van der Waals surface area contributed by atoms with Crippen LogP contribution < -0.4 is 5.32 Å². The lowest BCUT2D eigenvalue weighted by Crippen LogP contribution is -2.50. The number of dihydropyridines is 1. The Morgan fingerprint density at radius 3 is 2.57 bits per heavy atom. The zero-order valence-electron chi connectivity index (χ0n) is 23.9. The number of hydrogen-bond donors (Lipinski definition) is 1. The number of Topliss-reactive ketones (excluding diaryl/α,β-unsaturated/α-hetero) is 1. The minimum Gasteiger partial charge on any atom is -0.456 e. The largest absolute Gasteiger partial charge is 0.456 e. The molecule has 4 aliphatic rings. The summed E-state index contributed by atoms with van der Waals surface area (Å²) < 4.78 is 25.9. The predicted octanol–water partition coefficient (Wildman–Crippen LogP) is 6.14. The molecule has 0 saturated heterocycles. The first-order valence-electron chi connectivity index (χ1n) is 14.4. The van der Waals surface area contributed by atoms with Crippen molar-refractivity contribution in [2.45, 2.75) is 57.5 Å². The fraction of sp³-hybridized carbons (Fsp3) is 0.424. The standard InChI is InChI=1S/C33H34BrFN2O5/c1-18-9-11-21(33(2,3)20-7-5-4-6-8-20)27(13-18)42-32(40)37-15-24-29(26(38)16-37)28(19-10-12-23(35)22(34)14-19)30-25(36-24)17-41-31(30)39/h4-8,10,12,14,18,21,27-28,36H,9,11,13,15-17H2,1-3H3/t18-,21-,27-,28?/m1/s1. The zero-order valence-corrected chi connectivity index (χ0v) is 25.5. The van der Waals surface area contributed by atoms with Crippen molar-refractivity contribution in [3.63, 3.8) is 0 Å². The minimum atomic E-state index is -0.718. The first kappa shape index (κ1) is 28.6. The van der Waals surface area contributed by atoms with Gasteiger partial charge in [-0.3, -0.25) is 9.69 Å². The average molecular weight is 638 g/mol. The molecule has 0 radical (unpaired) electrons. The molecule has 4 atom stereocenters. The lowest BCUT2D eigenvalue weighted by Gasteiger charge is -2.44. The molecule has 0 spiro atoms. The Bertz CT molecular complexity index is 1520. The predicted molar refractivity (Wildman–Crippen MR) is 158 cm³/mol. The molecule has 1 saturated carbocycles. The number of amides is 1. The molecule has 1 unspecified atom stereocenters. The first-order chi connectivity index (χ1) is 20.0. The van der Waals surface area contributed by atoms with Crippen LogP contribution in [0.25, 0.3) is 0 Å². The van der Waals surface area contributed by atoms with Crippen LogP contribution in [0.4, 0.5) is 9.18 Å². The summed E-state index contributed by atoms with van der Waals surface area (Å²) >= 11 is 3.22. The molecule has 1 amide bonds. The number of halogens is 2. The number of cyclic esters (lactones) is 1. The van der Waals surface area contributed by atoms with Crippen LogP contribution in [-0.4, -0.2) is 48.5 Å². The van der Waals surface area contributed by atoms with Crippen LogP contribution >= 0.6 is 15.9 Å². The second-order valence-corrected chi connectivity index (χ2v) is 13.3. The molecular formula is C33H34BrFN2O5. The molecule has 2 aromatic rings. The van der Waals surface area contributed by atoms with Gasteiger partial charge in [0.1, 0.15) is 18.5 Å². The molecule has 42 heavy (non-hydrogen) atoms. The molecule has 1 fully saturated rings. The Kier molecular flexibility index (Phi) is 7.50. The van der Waals surface area contributed by atoms with Gasteiger partial charge >= 0.3 is 12.1 Å². The molecule has 9 heteroatoms. The van der Waals surface area contributed by atoms with E-state index in [2.05, 4.69) is 54.2 Å². The summed E-state index contributed by atoms with van der Waals surface area (Å²) in [4.78, 5) is 41.6. The molecule has 6 rings (SSSR count). The highest BCUT2D eigenvalue weighted by Gasteiger charge is 2.46. The molecule has 0 bridgehead atoms. The van der Waals surface area contributed by atoms with Crippen LogP contribution in [0.3, 0.4) is 0 Å². The molecule has 220 valence electrons. The molecule has 0 aromatic heterocycles. The van der Waals surface area contributed by atoms with Crippen LogP contribution in [0.1, 0.15) is 57.1 Å². The van der Waals surface area contributed by atoms with Gasteiger partial charge in [-0.05, 0) is 63.4 Å².